The predicted octanol–water partition coefficient (Wildman–Crippen LogP) is 3.64. The van der Waals surface area contributed by atoms with E-state index in [4.69, 9.17) is 12.2 Å². The van der Waals surface area contributed by atoms with E-state index in [1.807, 2.05) is 10.2 Å². The van der Waals surface area contributed by atoms with Crippen molar-refractivity contribution in [3.05, 3.63) is 44.9 Å². The monoisotopic (exact) mass is 291 g/mol. The topological polar surface area (TPSA) is 21.1 Å². The van der Waals surface area contributed by atoms with E-state index in [2.05, 4.69) is 41.3 Å². The lowest BCUT2D eigenvalue weighted by molar-refractivity contribution is 0.166. The van der Waals surface area contributed by atoms with Crippen LogP contribution in [0, 0.1) is 3.95 Å². The molecule has 0 unspecified atom stereocenters. The van der Waals surface area contributed by atoms with Gasteiger partial charge in [-0.2, -0.15) is 5.10 Å². The summed E-state index contributed by atoms with van der Waals surface area (Å²) >= 11 is 6.79. The molecule has 0 radical (unpaired) electrons. The highest BCUT2D eigenvalue weighted by Crippen LogP contribution is 2.33. The Morgan fingerprint density at radius 1 is 1.47 bits per heavy atom. The van der Waals surface area contributed by atoms with Crippen molar-refractivity contribution in [1.82, 2.24) is 14.7 Å². The third-order valence-corrected chi connectivity index (χ3v) is 4.89. The summed E-state index contributed by atoms with van der Waals surface area (Å²) in [7, 11) is 2.16. The fraction of sp³-hybridized carbons (Fsp3) is 0.429. The van der Waals surface area contributed by atoms with Crippen molar-refractivity contribution >= 4 is 23.6 Å². The number of rotatable bonds is 3. The fourth-order valence-corrected chi connectivity index (χ4v) is 3.54. The summed E-state index contributed by atoms with van der Waals surface area (Å²) < 4.78 is 2.74. The van der Waals surface area contributed by atoms with Crippen molar-refractivity contribution in [3.8, 4) is 0 Å². The molecular weight excluding hydrogens is 274 g/mol. The van der Waals surface area contributed by atoms with Gasteiger partial charge >= 0.3 is 0 Å². The molecule has 0 aliphatic heterocycles. The Labute approximate surface area is 122 Å². The van der Waals surface area contributed by atoms with Crippen LogP contribution < -0.4 is 0 Å². The first-order valence-corrected chi connectivity index (χ1v) is 7.83. The maximum atomic E-state index is 5.28. The van der Waals surface area contributed by atoms with Gasteiger partial charge in [0.05, 0.1) is 6.67 Å². The summed E-state index contributed by atoms with van der Waals surface area (Å²) in [6, 6.07) is 9.27. The zero-order chi connectivity index (χ0) is 13.2. The summed E-state index contributed by atoms with van der Waals surface area (Å²) in [5.74, 6) is 0. The quantitative estimate of drug-likeness (QED) is 0.806. The molecule has 1 aromatic heterocycles. The zero-order valence-corrected chi connectivity index (χ0v) is 12.6. The van der Waals surface area contributed by atoms with Crippen molar-refractivity contribution in [3.63, 3.8) is 0 Å². The van der Waals surface area contributed by atoms with E-state index in [-0.39, 0.29) is 0 Å². The van der Waals surface area contributed by atoms with Crippen LogP contribution in [0.2, 0.25) is 0 Å². The molecule has 100 valence electrons. The van der Waals surface area contributed by atoms with Gasteiger partial charge in [-0.1, -0.05) is 35.6 Å². The number of hydrogen-bond acceptors (Lipinski definition) is 4. The number of aryl methyl sites for hydroxylation is 1. The molecule has 0 saturated carbocycles. The number of hydrogen-bond donors (Lipinski definition) is 0. The first-order valence-electron chi connectivity index (χ1n) is 6.54. The molecule has 3 nitrogen and oxygen atoms in total. The highest BCUT2D eigenvalue weighted by atomic mass is 32.1. The maximum Gasteiger partial charge on any atom is 0.180 e. The van der Waals surface area contributed by atoms with Crippen LogP contribution in [0.5, 0.6) is 0 Å². The second kappa shape index (κ2) is 5.53. The number of aromatic nitrogens is 2. The van der Waals surface area contributed by atoms with E-state index in [9.17, 15) is 0 Å². The molecule has 1 atom stereocenters. The van der Waals surface area contributed by atoms with E-state index in [1.54, 1.807) is 0 Å². The van der Waals surface area contributed by atoms with Gasteiger partial charge in [0.15, 0.2) is 3.95 Å². The fourth-order valence-electron chi connectivity index (χ4n) is 2.82. The minimum absolute atomic E-state index is 0.480. The molecule has 0 N–H and O–H groups in total. The smallest absolute Gasteiger partial charge is 0.180 e. The Hall–Kier alpha value is -1.04. The largest absolute Gasteiger partial charge is 0.280 e. The lowest BCUT2D eigenvalue weighted by atomic mass is 9.87. The lowest BCUT2D eigenvalue weighted by Gasteiger charge is -2.33. The Morgan fingerprint density at radius 3 is 3.11 bits per heavy atom. The van der Waals surface area contributed by atoms with Gasteiger partial charge in [-0.15, -0.1) is 0 Å². The molecule has 1 aliphatic carbocycles. The molecule has 19 heavy (non-hydrogen) atoms. The zero-order valence-electron chi connectivity index (χ0n) is 11.0. The molecule has 3 rings (SSSR count). The van der Waals surface area contributed by atoms with Crippen molar-refractivity contribution in [2.45, 2.75) is 32.0 Å². The first-order chi connectivity index (χ1) is 9.25. The Morgan fingerprint density at radius 2 is 2.32 bits per heavy atom. The lowest BCUT2D eigenvalue weighted by Crippen LogP contribution is -2.30. The van der Waals surface area contributed by atoms with Gasteiger partial charge in [0.25, 0.3) is 0 Å². The van der Waals surface area contributed by atoms with Crippen LogP contribution in [-0.4, -0.2) is 21.7 Å². The highest BCUT2D eigenvalue weighted by molar-refractivity contribution is 7.73. The maximum absolute atomic E-state index is 5.28. The van der Waals surface area contributed by atoms with Gasteiger partial charge in [0.1, 0.15) is 5.51 Å². The van der Waals surface area contributed by atoms with Crippen LogP contribution in [-0.2, 0) is 13.1 Å². The first kappa shape index (κ1) is 13.0. The third kappa shape index (κ3) is 2.63. The highest BCUT2D eigenvalue weighted by Gasteiger charge is 2.23. The van der Waals surface area contributed by atoms with Crippen molar-refractivity contribution in [2.75, 3.05) is 7.05 Å². The summed E-state index contributed by atoms with van der Waals surface area (Å²) in [6.07, 6.45) is 3.68. The molecule has 1 aromatic carbocycles. The van der Waals surface area contributed by atoms with Gasteiger partial charge in [-0.25, -0.2) is 4.68 Å². The van der Waals surface area contributed by atoms with Crippen molar-refractivity contribution in [2.24, 2.45) is 0 Å². The average Bonchev–Trinajstić information content (AvgIpc) is 2.83. The SMILES string of the molecule is CN(Cn1ncsc1=S)[C@@H]1CCCc2ccccc21. The third-order valence-electron chi connectivity index (χ3n) is 3.78. The molecule has 0 fully saturated rings. The van der Waals surface area contributed by atoms with Gasteiger partial charge < -0.3 is 0 Å². The molecule has 2 aromatic rings. The van der Waals surface area contributed by atoms with E-state index >= 15 is 0 Å². The summed E-state index contributed by atoms with van der Waals surface area (Å²) in [5, 5.41) is 4.30. The molecule has 5 heteroatoms. The van der Waals surface area contributed by atoms with Crippen LogP contribution in [0.3, 0.4) is 0 Å². The van der Waals surface area contributed by atoms with Crippen LogP contribution in [0.4, 0.5) is 0 Å². The molecule has 0 saturated heterocycles. The standard InChI is InChI=1S/C14H17N3S2/c1-16(10-17-14(18)19-9-15-17)13-8-4-6-11-5-2-3-7-12(11)13/h2-3,5,7,9,13H,4,6,8,10H2,1H3/t13-/m1/s1. The molecule has 1 aliphatic rings. The Kier molecular flexibility index (Phi) is 3.77. The van der Waals surface area contributed by atoms with E-state index in [0.717, 1.165) is 10.6 Å². The van der Waals surface area contributed by atoms with Gasteiger partial charge in [-0.05, 0) is 49.7 Å². The second-order valence-electron chi connectivity index (χ2n) is 5.01. The molecule has 1 heterocycles. The molecular formula is C14H17N3S2. The summed E-state index contributed by atoms with van der Waals surface area (Å²) in [4.78, 5) is 2.35. The van der Waals surface area contributed by atoms with Crippen LogP contribution in [0.1, 0.15) is 30.0 Å². The minimum Gasteiger partial charge on any atom is -0.280 e. The van der Waals surface area contributed by atoms with Crippen molar-refractivity contribution < 1.29 is 0 Å². The van der Waals surface area contributed by atoms with E-state index in [1.165, 1.54) is 41.7 Å². The second-order valence-corrected chi connectivity index (χ2v) is 6.49. The molecule has 0 bridgehead atoms. The number of benzene rings is 1. The Bertz CT molecular complexity index is 617. The summed E-state index contributed by atoms with van der Waals surface area (Å²) in [5.41, 5.74) is 4.77. The summed E-state index contributed by atoms with van der Waals surface area (Å²) in [6.45, 7) is 0.765. The number of fused-ring (bicyclic) bond motifs is 1. The van der Waals surface area contributed by atoms with E-state index < -0.39 is 0 Å². The molecule has 0 spiro atoms. The van der Waals surface area contributed by atoms with Crippen LogP contribution in [0.15, 0.2) is 29.8 Å². The van der Waals surface area contributed by atoms with Gasteiger partial charge in [0, 0.05) is 6.04 Å². The van der Waals surface area contributed by atoms with Crippen molar-refractivity contribution in [1.29, 1.82) is 0 Å². The molecule has 0 amide bonds. The van der Waals surface area contributed by atoms with Crippen LogP contribution >= 0.6 is 23.6 Å². The average molecular weight is 291 g/mol. The minimum atomic E-state index is 0.480. The van der Waals surface area contributed by atoms with Gasteiger partial charge in [0.2, 0.25) is 0 Å². The normalized spacial score (nSPS) is 18.5. The Balaban J connectivity index is 1.83. The van der Waals surface area contributed by atoms with Crippen LogP contribution in [0.25, 0.3) is 0 Å². The predicted molar refractivity (Wildman–Crippen MR) is 80.8 cm³/mol. The van der Waals surface area contributed by atoms with E-state index in [0.29, 0.717) is 6.04 Å². The van der Waals surface area contributed by atoms with Gasteiger partial charge in [-0.3, -0.25) is 4.90 Å². The number of nitrogens with zero attached hydrogens (tertiary/aromatic N) is 3.